The van der Waals surface area contributed by atoms with Gasteiger partial charge in [0.05, 0.1) is 16.2 Å². The van der Waals surface area contributed by atoms with Crippen molar-refractivity contribution in [2.45, 2.75) is 19.9 Å². The van der Waals surface area contributed by atoms with E-state index in [0.717, 1.165) is 17.5 Å². The number of fused-ring (bicyclic) bond motifs is 1. The van der Waals surface area contributed by atoms with Gasteiger partial charge in [-0.3, -0.25) is 19.7 Å². The molecule has 5 rings (SSSR count). The highest BCUT2D eigenvalue weighted by Crippen LogP contribution is 2.37. The number of nitro benzene ring substituents is 1. The summed E-state index contributed by atoms with van der Waals surface area (Å²) in [4.78, 5) is 41.1. The molecule has 7 nitrogen and oxygen atoms in total. The number of non-ortho nitro benzene ring substituents is 1. The van der Waals surface area contributed by atoms with Crippen molar-refractivity contribution in [1.29, 1.82) is 0 Å². The van der Waals surface area contributed by atoms with E-state index in [2.05, 4.69) is 6.07 Å². The molecule has 0 aliphatic carbocycles. The number of nitro groups is 1. The molecular weight excluding hydrogens is 418 g/mol. The number of aryl methyl sites for hydroxylation is 1. The summed E-state index contributed by atoms with van der Waals surface area (Å²) < 4.78 is 0. The number of imide groups is 1. The Balaban J connectivity index is 1.62. The molecule has 2 aliphatic rings. The van der Waals surface area contributed by atoms with E-state index in [1.165, 1.54) is 34.7 Å². The zero-order valence-corrected chi connectivity index (χ0v) is 18.0. The number of rotatable bonds is 4. The predicted octanol–water partition coefficient (Wildman–Crippen LogP) is 4.25. The van der Waals surface area contributed by atoms with Gasteiger partial charge in [0.15, 0.2) is 0 Å². The van der Waals surface area contributed by atoms with Crippen LogP contribution in [0.5, 0.6) is 0 Å². The van der Waals surface area contributed by atoms with Crippen molar-refractivity contribution in [3.63, 3.8) is 0 Å². The van der Waals surface area contributed by atoms with Crippen LogP contribution in [0.3, 0.4) is 0 Å². The third-order valence-electron chi connectivity index (χ3n) is 6.13. The highest BCUT2D eigenvalue weighted by molar-refractivity contribution is 6.45. The maximum absolute atomic E-state index is 13.7. The minimum absolute atomic E-state index is 0.0693. The fourth-order valence-corrected chi connectivity index (χ4v) is 4.51. The quantitative estimate of drug-likeness (QED) is 0.345. The van der Waals surface area contributed by atoms with Crippen LogP contribution in [0.1, 0.15) is 22.3 Å². The molecule has 0 unspecified atom stereocenters. The van der Waals surface area contributed by atoms with Crippen LogP contribution in [0.25, 0.3) is 5.57 Å². The van der Waals surface area contributed by atoms with Gasteiger partial charge in [-0.2, -0.15) is 0 Å². The summed E-state index contributed by atoms with van der Waals surface area (Å²) in [5.41, 5.74) is 4.83. The standard InChI is InChI=1S/C26H21N3O4/c1-17-5-4-8-22(15-17)28-25(30)23(19-9-11-21(12-10-19)29(32)33)24(26(28)31)27-14-13-18-6-2-3-7-20(18)16-27/h2-12,15H,13-14,16H2,1H3. The molecule has 0 bridgehead atoms. The Hall–Kier alpha value is -4.26. The number of carbonyl (C=O) groups excluding carboxylic acids is 2. The second-order valence-electron chi connectivity index (χ2n) is 8.25. The van der Waals surface area contributed by atoms with Crippen molar-refractivity contribution >= 4 is 28.8 Å². The first kappa shape index (κ1) is 20.6. The molecule has 0 spiro atoms. The Kier molecular flexibility index (Phi) is 5.01. The Morgan fingerprint density at radius 1 is 0.879 bits per heavy atom. The van der Waals surface area contributed by atoms with Crippen molar-refractivity contribution in [3.8, 4) is 0 Å². The van der Waals surface area contributed by atoms with Crippen LogP contribution in [0, 0.1) is 17.0 Å². The number of hydrogen-bond acceptors (Lipinski definition) is 5. The van der Waals surface area contributed by atoms with Crippen LogP contribution in [0.4, 0.5) is 11.4 Å². The van der Waals surface area contributed by atoms with E-state index >= 15 is 0 Å². The molecule has 2 aliphatic heterocycles. The summed E-state index contributed by atoms with van der Waals surface area (Å²) in [6, 6.07) is 21.1. The minimum atomic E-state index is -0.485. The normalized spacial score (nSPS) is 15.8. The van der Waals surface area contributed by atoms with Crippen LogP contribution in [0.2, 0.25) is 0 Å². The van der Waals surface area contributed by atoms with Gasteiger partial charge in [0, 0.05) is 25.2 Å². The Morgan fingerprint density at radius 2 is 1.61 bits per heavy atom. The maximum atomic E-state index is 13.7. The molecule has 0 radical (unpaired) electrons. The highest BCUT2D eigenvalue weighted by atomic mass is 16.6. The molecule has 2 heterocycles. The molecule has 7 heteroatoms. The molecule has 33 heavy (non-hydrogen) atoms. The summed E-state index contributed by atoms with van der Waals surface area (Å²) in [5, 5.41) is 11.1. The second-order valence-corrected chi connectivity index (χ2v) is 8.25. The lowest BCUT2D eigenvalue weighted by atomic mass is 9.98. The number of nitrogens with zero attached hydrogens (tertiary/aromatic N) is 3. The summed E-state index contributed by atoms with van der Waals surface area (Å²) in [7, 11) is 0. The molecule has 2 amide bonds. The zero-order valence-electron chi connectivity index (χ0n) is 18.0. The van der Waals surface area contributed by atoms with E-state index in [9.17, 15) is 19.7 Å². The van der Waals surface area contributed by atoms with Crippen molar-refractivity contribution in [1.82, 2.24) is 4.90 Å². The number of hydrogen-bond donors (Lipinski definition) is 0. The van der Waals surface area contributed by atoms with Gasteiger partial charge >= 0.3 is 0 Å². The number of benzene rings is 3. The first-order valence-electron chi connectivity index (χ1n) is 10.7. The van der Waals surface area contributed by atoms with E-state index in [0.29, 0.717) is 30.0 Å². The van der Waals surface area contributed by atoms with Gasteiger partial charge in [-0.15, -0.1) is 0 Å². The topological polar surface area (TPSA) is 83.8 Å². The molecule has 0 saturated carbocycles. The SMILES string of the molecule is Cc1cccc(N2C(=O)C(c3ccc([N+](=O)[O-])cc3)=C(N3CCc4ccccc4C3)C2=O)c1. The second kappa shape index (κ2) is 8.02. The van der Waals surface area contributed by atoms with Crippen LogP contribution >= 0.6 is 0 Å². The number of amides is 2. The van der Waals surface area contributed by atoms with Crippen LogP contribution in [-0.2, 0) is 22.6 Å². The fourth-order valence-electron chi connectivity index (χ4n) is 4.51. The molecule has 0 aromatic heterocycles. The lowest BCUT2D eigenvalue weighted by molar-refractivity contribution is -0.384. The minimum Gasteiger partial charge on any atom is -0.362 e. The van der Waals surface area contributed by atoms with Crippen molar-refractivity contribution in [2.75, 3.05) is 11.4 Å². The van der Waals surface area contributed by atoms with Gasteiger partial charge in [0.2, 0.25) is 0 Å². The molecule has 3 aromatic rings. The predicted molar refractivity (Wildman–Crippen MR) is 124 cm³/mol. The molecule has 0 fully saturated rings. The molecule has 3 aromatic carbocycles. The highest BCUT2D eigenvalue weighted by Gasteiger charge is 2.43. The summed E-state index contributed by atoms with van der Waals surface area (Å²) in [6.07, 6.45) is 0.763. The molecule has 0 saturated heterocycles. The van der Waals surface area contributed by atoms with Gasteiger partial charge in [-0.1, -0.05) is 36.4 Å². The van der Waals surface area contributed by atoms with Gasteiger partial charge in [0.25, 0.3) is 17.5 Å². The van der Waals surface area contributed by atoms with Crippen molar-refractivity contribution in [3.05, 3.63) is 111 Å². The Labute approximate surface area is 190 Å². The lowest BCUT2D eigenvalue weighted by Crippen LogP contribution is -2.37. The van der Waals surface area contributed by atoms with E-state index in [4.69, 9.17) is 0 Å². The van der Waals surface area contributed by atoms with Crippen LogP contribution in [-0.4, -0.2) is 28.2 Å². The molecule has 0 N–H and O–H groups in total. The first-order chi connectivity index (χ1) is 15.9. The van der Waals surface area contributed by atoms with Gasteiger partial charge in [-0.05, 0) is 59.9 Å². The average molecular weight is 439 g/mol. The Morgan fingerprint density at radius 3 is 2.30 bits per heavy atom. The van der Waals surface area contributed by atoms with Gasteiger partial charge < -0.3 is 4.90 Å². The zero-order chi connectivity index (χ0) is 23.1. The van der Waals surface area contributed by atoms with E-state index in [-0.39, 0.29) is 17.2 Å². The largest absolute Gasteiger partial charge is 0.362 e. The number of anilines is 1. The third-order valence-corrected chi connectivity index (χ3v) is 6.13. The first-order valence-corrected chi connectivity index (χ1v) is 10.7. The third kappa shape index (κ3) is 3.57. The van der Waals surface area contributed by atoms with E-state index < -0.39 is 10.8 Å². The molecule has 164 valence electrons. The van der Waals surface area contributed by atoms with Gasteiger partial charge in [-0.25, -0.2) is 4.90 Å². The molecular formula is C26H21N3O4. The van der Waals surface area contributed by atoms with Crippen molar-refractivity contribution < 1.29 is 14.5 Å². The average Bonchev–Trinajstić information content (AvgIpc) is 3.08. The number of carbonyl (C=O) groups is 2. The van der Waals surface area contributed by atoms with Crippen molar-refractivity contribution in [2.24, 2.45) is 0 Å². The van der Waals surface area contributed by atoms with E-state index in [1.54, 1.807) is 12.1 Å². The van der Waals surface area contributed by atoms with Crippen LogP contribution < -0.4 is 4.90 Å². The van der Waals surface area contributed by atoms with E-state index in [1.807, 2.05) is 42.2 Å². The fraction of sp³-hybridized carbons (Fsp3) is 0.154. The summed E-state index contributed by atoms with van der Waals surface area (Å²) in [6.45, 7) is 3.02. The smallest absolute Gasteiger partial charge is 0.282 e. The monoisotopic (exact) mass is 439 g/mol. The molecule has 0 atom stereocenters. The maximum Gasteiger partial charge on any atom is 0.282 e. The van der Waals surface area contributed by atoms with Crippen LogP contribution in [0.15, 0.2) is 78.5 Å². The summed E-state index contributed by atoms with van der Waals surface area (Å²) >= 11 is 0. The van der Waals surface area contributed by atoms with Gasteiger partial charge in [0.1, 0.15) is 5.70 Å². The summed E-state index contributed by atoms with van der Waals surface area (Å²) in [5.74, 6) is -0.799. The lowest BCUT2D eigenvalue weighted by Gasteiger charge is -2.31. The Bertz CT molecular complexity index is 1330.